The molecule has 148 valence electrons. The lowest BCUT2D eigenvalue weighted by Crippen LogP contribution is -2.65. The molecule has 1 aromatic carbocycles. The summed E-state index contributed by atoms with van der Waals surface area (Å²) in [4.78, 5) is 25.7. The first-order valence-electron chi connectivity index (χ1n) is 9.53. The first kappa shape index (κ1) is 19.3. The highest BCUT2D eigenvalue weighted by Gasteiger charge is 2.50. The van der Waals surface area contributed by atoms with Crippen molar-refractivity contribution < 1.29 is 24.5 Å². The maximum absolute atomic E-state index is 12.7. The molecule has 7 nitrogen and oxygen atoms in total. The molecule has 0 bridgehead atoms. The number of amides is 2. The predicted octanol–water partition coefficient (Wildman–Crippen LogP) is 2.82. The van der Waals surface area contributed by atoms with Gasteiger partial charge in [-0.25, -0.2) is 4.79 Å². The summed E-state index contributed by atoms with van der Waals surface area (Å²) < 4.78 is 5.08. The molecule has 1 saturated heterocycles. The third-order valence-electron chi connectivity index (χ3n) is 5.92. The number of carbonyl (C=O) groups is 2. The molecular formula is C20H28N2O5. The van der Waals surface area contributed by atoms with Gasteiger partial charge in [-0.05, 0) is 42.4 Å². The van der Waals surface area contributed by atoms with E-state index in [1.807, 2.05) is 0 Å². The highest BCUT2D eigenvalue weighted by Crippen LogP contribution is 2.40. The zero-order valence-electron chi connectivity index (χ0n) is 15.9. The normalized spacial score (nSPS) is 27.6. The van der Waals surface area contributed by atoms with E-state index in [1.54, 1.807) is 12.1 Å². The average Bonchev–Trinajstić information content (AvgIpc) is 2.60. The number of carboxylic acid groups (broad SMARTS) is 1. The minimum absolute atomic E-state index is 0.0511. The van der Waals surface area contributed by atoms with Gasteiger partial charge in [-0.3, -0.25) is 4.79 Å². The predicted molar refractivity (Wildman–Crippen MR) is 99.6 cm³/mol. The summed E-state index contributed by atoms with van der Waals surface area (Å²) in [7, 11) is 1.47. The zero-order valence-corrected chi connectivity index (χ0v) is 15.9. The number of phenols is 1. The van der Waals surface area contributed by atoms with Crippen molar-refractivity contribution in [3.8, 4) is 11.5 Å². The van der Waals surface area contributed by atoms with E-state index in [0.717, 1.165) is 24.8 Å². The molecular weight excluding hydrogens is 348 g/mol. The fourth-order valence-corrected chi connectivity index (χ4v) is 4.49. The number of phenolic OH excluding ortho intramolecular Hbond substituents is 1. The first-order valence-corrected chi connectivity index (χ1v) is 9.53. The number of likely N-dealkylation sites (tertiary alicyclic amines) is 1. The SMILES string of the molecule is COc1cc(CNC(=O)C2CN(C(=O)O)C2C2CCCC(C)C2)ccc1O. The topological polar surface area (TPSA) is 99.1 Å². The minimum atomic E-state index is -0.939. The van der Waals surface area contributed by atoms with Crippen LogP contribution in [0, 0.1) is 17.8 Å². The molecule has 4 atom stereocenters. The highest BCUT2D eigenvalue weighted by molar-refractivity contribution is 5.83. The third kappa shape index (κ3) is 4.12. The molecule has 1 aliphatic heterocycles. The van der Waals surface area contributed by atoms with Crippen molar-refractivity contribution >= 4 is 12.0 Å². The molecule has 27 heavy (non-hydrogen) atoms. The maximum Gasteiger partial charge on any atom is 0.407 e. The van der Waals surface area contributed by atoms with Crippen LogP contribution in [0.2, 0.25) is 0 Å². The molecule has 2 amide bonds. The number of hydrogen-bond acceptors (Lipinski definition) is 4. The van der Waals surface area contributed by atoms with E-state index in [4.69, 9.17) is 4.74 Å². The fraction of sp³-hybridized carbons (Fsp3) is 0.600. The second-order valence-electron chi connectivity index (χ2n) is 7.79. The van der Waals surface area contributed by atoms with Crippen LogP contribution < -0.4 is 10.1 Å². The summed E-state index contributed by atoms with van der Waals surface area (Å²) in [5, 5.41) is 22.0. The van der Waals surface area contributed by atoms with Gasteiger partial charge in [0.1, 0.15) is 0 Å². The Bertz CT molecular complexity index is 708. The van der Waals surface area contributed by atoms with E-state index in [1.165, 1.54) is 24.5 Å². The van der Waals surface area contributed by atoms with Crippen molar-refractivity contribution in [2.75, 3.05) is 13.7 Å². The van der Waals surface area contributed by atoms with Crippen LogP contribution in [0.5, 0.6) is 11.5 Å². The van der Waals surface area contributed by atoms with Gasteiger partial charge in [-0.2, -0.15) is 0 Å². The Labute approximate surface area is 159 Å². The Balaban J connectivity index is 1.63. The van der Waals surface area contributed by atoms with Crippen LogP contribution in [0.1, 0.15) is 38.2 Å². The van der Waals surface area contributed by atoms with Gasteiger partial charge in [0.2, 0.25) is 5.91 Å². The molecule has 1 aliphatic carbocycles. The van der Waals surface area contributed by atoms with Gasteiger partial charge in [0.25, 0.3) is 0 Å². The summed E-state index contributed by atoms with van der Waals surface area (Å²) in [5.74, 6) is 0.834. The number of benzene rings is 1. The molecule has 0 spiro atoms. The van der Waals surface area contributed by atoms with Crippen LogP contribution in [0.4, 0.5) is 4.79 Å². The van der Waals surface area contributed by atoms with Crippen molar-refractivity contribution in [1.29, 1.82) is 0 Å². The van der Waals surface area contributed by atoms with E-state index in [-0.39, 0.29) is 36.1 Å². The van der Waals surface area contributed by atoms with Crippen molar-refractivity contribution in [2.45, 2.75) is 45.2 Å². The minimum Gasteiger partial charge on any atom is -0.504 e. The van der Waals surface area contributed by atoms with Crippen molar-refractivity contribution in [2.24, 2.45) is 17.8 Å². The Morgan fingerprint density at radius 2 is 2.11 bits per heavy atom. The van der Waals surface area contributed by atoms with E-state index in [2.05, 4.69) is 12.2 Å². The molecule has 4 unspecified atom stereocenters. The average molecular weight is 376 g/mol. The molecule has 3 rings (SSSR count). The van der Waals surface area contributed by atoms with Crippen molar-refractivity contribution in [1.82, 2.24) is 10.2 Å². The van der Waals surface area contributed by atoms with Gasteiger partial charge in [-0.15, -0.1) is 0 Å². The number of methoxy groups -OCH3 is 1. The lowest BCUT2D eigenvalue weighted by Gasteiger charge is -2.50. The van der Waals surface area contributed by atoms with Gasteiger partial charge in [0, 0.05) is 13.1 Å². The van der Waals surface area contributed by atoms with Crippen LogP contribution in [0.25, 0.3) is 0 Å². The van der Waals surface area contributed by atoms with Crippen LogP contribution in [-0.4, -0.2) is 46.8 Å². The van der Waals surface area contributed by atoms with Gasteiger partial charge >= 0.3 is 6.09 Å². The highest BCUT2D eigenvalue weighted by atomic mass is 16.5. The largest absolute Gasteiger partial charge is 0.504 e. The second kappa shape index (κ2) is 8.06. The monoisotopic (exact) mass is 376 g/mol. The van der Waals surface area contributed by atoms with Crippen LogP contribution in [-0.2, 0) is 11.3 Å². The summed E-state index contributed by atoms with van der Waals surface area (Å²) in [6.07, 6.45) is 3.30. The molecule has 7 heteroatoms. The van der Waals surface area contributed by atoms with Crippen molar-refractivity contribution in [3.63, 3.8) is 0 Å². The summed E-state index contributed by atoms with van der Waals surface area (Å²) in [6, 6.07) is 4.71. The number of rotatable bonds is 5. The van der Waals surface area contributed by atoms with Gasteiger partial charge in [0.15, 0.2) is 11.5 Å². The van der Waals surface area contributed by atoms with E-state index >= 15 is 0 Å². The Hall–Kier alpha value is -2.44. The van der Waals surface area contributed by atoms with Crippen LogP contribution in [0.15, 0.2) is 18.2 Å². The molecule has 1 heterocycles. The third-order valence-corrected chi connectivity index (χ3v) is 5.92. The van der Waals surface area contributed by atoms with E-state index in [0.29, 0.717) is 18.2 Å². The summed E-state index contributed by atoms with van der Waals surface area (Å²) >= 11 is 0. The van der Waals surface area contributed by atoms with E-state index in [9.17, 15) is 19.8 Å². The quantitative estimate of drug-likeness (QED) is 0.734. The summed E-state index contributed by atoms with van der Waals surface area (Å²) in [6.45, 7) is 2.77. The Kier molecular flexibility index (Phi) is 5.77. The molecule has 2 aliphatic rings. The lowest BCUT2D eigenvalue weighted by molar-refractivity contribution is -0.136. The number of aromatic hydroxyl groups is 1. The van der Waals surface area contributed by atoms with E-state index < -0.39 is 6.09 Å². The summed E-state index contributed by atoms with van der Waals surface area (Å²) in [5.41, 5.74) is 0.815. The van der Waals surface area contributed by atoms with Gasteiger partial charge in [0.05, 0.1) is 19.1 Å². The smallest absolute Gasteiger partial charge is 0.407 e. The number of nitrogens with zero attached hydrogens (tertiary/aromatic N) is 1. The number of hydrogen-bond donors (Lipinski definition) is 3. The fourth-order valence-electron chi connectivity index (χ4n) is 4.49. The van der Waals surface area contributed by atoms with Gasteiger partial charge < -0.3 is 25.2 Å². The Morgan fingerprint density at radius 3 is 2.78 bits per heavy atom. The lowest BCUT2D eigenvalue weighted by atomic mass is 9.70. The van der Waals surface area contributed by atoms with Gasteiger partial charge in [-0.1, -0.05) is 25.8 Å². The zero-order chi connectivity index (χ0) is 19.6. The molecule has 1 aromatic rings. The van der Waals surface area contributed by atoms with Crippen LogP contribution >= 0.6 is 0 Å². The number of carbonyl (C=O) groups excluding carboxylic acids is 1. The Morgan fingerprint density at radius 1 is 1.33 bits per heavy atom. The first-order chi connectivity index (χ1) is 12.9. The molecule has 0 aromatic heterocycles. The molecule has 0 radical (unpaired) electrons. The number of nitrogens with one attached hydrogen (secondary N) is 1. The second-order valence-corrected chi connectivity index (χ2v) is 7.79. The molecule has 2 fully saturated rings. The maximum atomic E-state index is 12.7. The van der Waals surface area contributed by atoms with Crippen molar-refractivity contribution in [3.05, 3.63) is 23.8 Å². The van der Waals surface area contributed by atoms with Crippen LogP contribution in [0.3, 0.4) is 0 Å². The standard InChI is InChI=1S/C20H28N2O5/c1-12-4-3-5-14(8-12)18-15(11-22(18)20(25)26)19(24)21-10-13-6-7-16(23)17(9-13)27-2/h6-7,9,12,14-15,18,23H,3-5,8,10-11H2,1-2H3,(H,21,24)(H,25,26). The molecule has 1 saturated carbocycles. The molecule has 3 N–H and O–H groups in total. The number of ether oxygens (including phenoxy) is 1.